The number of nitrogens with zero attached hydrogens (tertiary/aromatic N) is 2. The second kappa shape index (κ2) is 7.64. The van der Waals surface area contributed by atoms with Gasteiger partial charge in [0.05, 0.1) is 12.3 Å². The molecule has 0 bridgehead atoms. The van der Waals surface area contributed by atoms with E-state index in [1.807, 2.05) is 11.3 Å². The third kappa shape index (κ3) is 3.87. The maximum Gasteiger partial charge on any atom is 0.186 e. The molecule has 2 unspecified atom stereocenters. The molecule has 2 atom stereocenters. The van der Waals surface area contributed by atoms with E-state index < -0.39 is 0 Å². The Morgan fingerprint density at radius 3 is 3.00 bits per heavy atom. The van der Waals surface area contributed by atoms with Gasteiger partial charge in [0.15, 0.2) is 5.13 Å². The summed E-state index contributed by atoms with van der Waals surface area (Å²) in [7, 11) is 1.73. The molecule has 0 aliphatic carbocycles. The second-order valence-corrected chi connectivity index (χ2v) is 7.73. The van der Waals surface area contributed by atoms with Gasteiger partial charge in [0.2, 0.25) is 0 Å². The molecule has 1 aromatic heterocycles. The topological polar surface area (TPSA) is 37.4 Å². The minimum atomic E-state index is 0.564. The molecular weight excluding hydrogens is 290 g/mol. The van der Waals surface area contributed by atoms with Gasteiger partial charge in [-0.05, 0) is 13.8 Å². The summed E-state index contributed by atoms with van der Waals surface area (Å²) in [6, 6.07) is 0.564. The molecule has 6 heteroatoms. The summed E-state index contributed by atoms with van der Waals surface area (Å²) in [4.78, 5) is 8.59. The van der Waals surface area contributed by atoms with Crippen molar-refractivity contribution in [1.82, 2.24) is 10.3 Å². The van der Waals surface area contributed by atoms with Gasteiger partial charge in [-0.2, -0.15) is 11.8 Å². The third-order valence-corrected chi connectivity index (χ3v) is 6.31. The van der Waals surface area contributed by atoms with E-state index in [0.29, 0.717) is 11.3 Å². The molecule has 1 saturated heterocycles. The van der Waals surface area contributed by atoms with Crippen LogP contribution in [0.15, 0.2) is 0 Å². The van der Waals surface area contributed by atoms with Crippen LogP contribution in [0.5, 0.6) is 0 Å². The molecule has 1 aliphatic rings. The molecule has 0 amide bonds. The van der Waals surface area contributed by atoms with Crippen LogP contribution in [0.1, 0.15) is 24.4 Å². The number of thiazole rings is 1. The van der Waals surface area contributed by atoms with Crippen LogP contribution in [-0.4, -0.2) is 48.8 Å². The second-order valence-electron chi connectivity index (χ2n) is 5.18. The lowest BCUT2D eigenvalue weighted by molar-refractivity contribution is 0.199. The van der Waals surface area contributed by atoms with Gasteiger partial charge >= 0.3 is 0 Å². The molecule has 2 rings (SSSR count). The molecule has 0 saturated carbocycles. The quantitative estimate of drug-likeness (QED) is 0.817. The number of aryl methyl sites for hydroxylation is 1. The molecule has 1 fully saturated rings. The summed E-state index contributed by atoms with van der Waals surface area (Å²) < 4.78 is 5.05. The number of anilines is 1. The van der Waals surface area contributed by atoms with E-state index in [2.05, 4.69) is 42.7 Å². The van der Waals surface area contributed by atoms with Crippen LogP contribution in [0.2, 0.25) is 0 Å². The van der Waals surface area contributed by atoms with E-state index in [1.165, 1.54) is 15.8 Å². The number of rotatable bonds is 6. The fourth-order valence-corrected chi connectivity index (χ4v) is 4.52. The van der Waals surface area contributed by atoms with Crippen LogP contribution >= 0.6 is 23.1 Å². The fraction of sp³-hybridized carbons (Fsp3) is 0.786. The number of hydrogen-bond acceptors (Lipinski definition) is 6. The van der Waals surface area contributed by atoms with Crippen molar-refractivity contribution in [3.63, 3.8) is 0 Å². The Balaban J connectivity index is 1.99. The minimum Gasteiger partial charge on any atom is -0.383 e. The molecule has 20 heavy (non-hydrogen) atoms. The Morgan fingerprint density at radius 1 is 1.45 bits per heavy atom. The number of methoxy groups -OCH3 is 1. The lowest BCUT2D eigenvalue weighted by Crippen LogP contribution is -2.44. The summed E-state index contributed by atoms with van der Waals surface area (Å²) in [5.74, 6) is 1.20. The molecule has 0 aromatic carbocycles. The van der Waals surface area contributed by atoms with E-state index >= 15 is 0 Å². The number of nitrogens with one attached hydrogen (secondary N) is 1. The van der Waals surface area contributed by atoms with Crippen LogP contribution in [-0.2, 0) is 11.3 Å². The van der Waals surface area contributed by atoms with E-state index in [0.717, 1.165) is 31.9 Å². The first kappa shape index (κ1) is 16.1. The maximum absolute atomic E-state index is 5.05. The summed E-state index contributed by atoms with van der Waals surface area (Å²) in [5.41, 5.74) is 1.16. The average molecular weight is 316 g/mol. The van der Waals surface area contributed by atoms with Crippen molar-refractivity contribution in [2.45, 2.75) is 38.6 Å². The Labute approximate surface area is 130 Å². The predicted octanol–water partition coefficient (Wildman–Crippen LogP) is 2.52. The number of thioether (sulfide) groups is 1. The zero-order chi connectivity index (χ0) is 14.5. The number of aromatic nitrogens is 1. The van der Waals surface area contributed by atoms with Gasteiger partial charge in [0.25, 0.3) is 0 Å². The van der Waals surface area contributed by atoms with E-state index in [1.54, 1.807) is 7.11 Å². The standard InChI is InChI=1S/C14H25N3OS2/c1-10-13(9-15-5-7-18-4)20-14(16-10)17-6-8-19-12(3)11(17)2/h11-12,15H,5-9H2,1-4H3. The van der Waals surface area contributed by atoms with Crippen molar-refractivity contribution in [2.24, 2.45) is 0 Å². The van der Waals surface area contributed by atoms with Crippen LogP contribution in [0.25, 0.3) is 0 Å². The molecule has 1 N–H and O–H groups in total. The number of ether oxygens (including phenoxy) is 1. The molecule has 4 nitrogen and oxygen atoms in total. The first-order valence-electron chi connectivity index (χ1n) is 7.17. The van der Waals surface area contributed by atoms with Crippen molar-refractivity contribution >= 4 is 28.2 Å². The zero-order valence-electron chi connectivity index (χ0n) is 12.8. The molecule has 0 spiro atoms. The Kier molecular flexibility index (Phi) is 6.14. The van der Waals surface area contributed by atoms with Crippen LogP contribution in [0.4, 0.5) is 5.13 Å². The van der Waals surface area contributed by atoms with Crippen molar-refractivity contribution in [3.05, 3.63) is 10.6 Å². The predicted molar refractivity (Wildman–Crippen MR) is 89.2 cm³/mol. The maximum atomic E-state index is 5.05. The normalized spacial score (nSPS) is 23.3. The van der Waals surface area contributed by atoms with Gasteiger partial charge in [0, 0.05) is 48.7 Å². The highest BCUT2D eigenvalue weighted by molar-refractivity contribution is 8.00. The van der Waals surface area contributed by atoms with Gasteiger partial charge in [-0.1, -0.05) is 6.92 Å². The molecular formula is C14H25N3OS2. The van der Waals surface area contributed by atoms with Crippen LogP contribution in [0.3, 0.4) is 0 Å². The highest BCUT2D eigenvalue weighted by Gasteiger charge is 2.27. The van der Waals surface area contributed by atoms with E-state index in [9.17, 15) is 0 Å². The smallest absolute Gasteiger partial charge is 0.186 e. The fourth-order valence-electron chi connectivity index (χ4n) is 2.28. The average Bonchev–Trinajstić information content (AvgIpc) is 2.79. The van der Waals surface area contributed by atoms with Gasteiger partial charge in [-0.3, -0.25) is 0 Å². The molecule has 2 heterocycles. The molecule has 114 valence electrons. The minimum absolute atomic E-state index is 0.564. The van der Waals surface area contributed by atoms with Crippen LogP contribution in [0, 0.1) is 6.92 Å². The Hall–Kier alpha value is -0.300. The van der Waals surface area contributed by atoms with E-state index in [4.69, 9.17) is 9.72 Å². The molecule has 1 aromatic rings. The largest absolute Gasteiger partial charge is 0.383 e. The highest BCUT2D eigenvalue weighted by Crippen LogP contribution is 2.33. The first-order chi connectivity index (χ1) is 9.63. The van der Waals surface area contributed by atoms with Crippen molar-refractivity contribution < 1.29 is 4.74 Å². The lowest BCUT2D eigenvalue weighted by atomic mass is 10.2. The SMILES string of the molecule is COCCNCc1sc(N2CCSC(C)C2C)nc1C. The molecule has 1 aliphatic heterocycles. The zero-order valence-corrected chi connectivity index (χ0v) is 14.4. The summed E-state index contributed by atoms with van der Waals surface area (Å²) in [6.45, 7) is 10.4. The highest BCUT2D eigenvalue weighted by atomic mass is 32.2. The Morgan fingerprint density at radius 2 is 2.25 bits per heavy atom. The van der Waals surface area contributed by atoms with E-state index in [-0.39, 0.29) is 0 Å². The van der Waals surface area contributed by atoms with Gasteiger partial charge < -0.3 is 15.0 Å². The van der Waals surface area contributed by atoms with Gasteiger partial charge in [0.1, 0.15) is 0 Å². The Bertz CT molecular complexity index is 425. The first-order valence-corrected chi connectivity index (χ1v) is 9.04. The van der Waals surface area contributed by atoms with Crippen molar-refractivity contribution in [2.75, 3.05) is 37.5 Å². The monoisotopic (exact) mass is 315 g/mol. The lowest BCUT2D eigenvalue weighted by Gasteiger charge is -2.37. The third-order valence-electron chi connectivity index (χ3n) is 3.78. The van der Waals surface area contributed by atoms with Gasteiger partial charge in [-0.25, -0.2) is 4.98 Å². The number of hydrogen-bond donors (Lipinski definition) is 1. The van der Waals surface area contributed by atoms with Crippen molar-refractivity contribution in [1.29, 1.82) is 0 Å². The van der Waals surface area contributed by atoms with Crippen molar-refractivity contribution in [3.8, 4) is 0 Å². The van der Waals surface area contributed by atoms with Crippen LogP contribution < -0.4 is 10.2 Å². The summed E-state index contributed by atoms with van der Waals surface area (Å²) in [5, 5.41) is 5.27. The summed E-state index contributed by atoms with van der Waals surface area (Å²) >= 11 is 3.90. The molecule has 0 radical (unpaired) electrons. The summed E-state index contributed by atoms with van der Waals surface area (Å²) in [6.07, 6.45) is 0. The van der Waals surface area contributed by atoms with Gasteiger partial charge in [-0.15, -0.1) is 11.3 Å².